The third kappa shape index (κ3) is 4.24. The van der Waals surface area contributed by atoms with E-state index in [1.807, 2.05) is 12.1 Å². The maximum atomic E-state index is 12.6. The van der Waals surface area contributed by atoms with Crippen molar-refractivity contribution in [2.24, 2.45) is 0 Å². The van der Waals surface area contributed by atoms with E-state index in [4.69, 9.17) is 0 Å². The predicted molar refractivity (Wildman–Crippen MR) is 110 cm³/mol. The molecule has 2 fully saturated rings. The highest BCUT2D eigenvalue weighted by molar-refractivity contribution is 5.94. The third-order valence-electron chi connectivity index (χ3n) is 6.36. The SMILES string of the molecule is O=C(NCC1(c2ccccc2)CCC1)c1ccc(CN2CCCCC2)cc1. The molecule has 2 aliphatic rings. The quantitative estimate of drug-likeness (QED) is 0.819. The van der Waals surface area contributed by atoms with E-state index in [2.05, 4.69) is 52.7 Å². The fourth-order valence-electron chi connectivity index (χ4n) is 4.45. The van der Waals surface area contributed by atoms with Crippen LogP contribution < -0.4 is 5.32 Å². The molecule has 3 nitrogen and oxygen atoms in total. The summed E-state index contributed by atoms with van der Waals surface area (Å²) in [4.78, 5) is 15.2. The van der Waals surface area contributed by atoms with Gasteiger partial charge >= 0.3 is 0 Å². The van der Waals surface area contributed by atoms with Crippen molar-refractivity contribution in [2.75, 3.05) is 19.6 Å². The first-order valence-corrected chi connectivity index (χ1v) is 10.4. The first-order chi connectivity index (χ1) is 13.3. The lowest BCUT2D eigenvalue weighted by Crippen LogP contribution is -2.45. The average molecular weight is 363 g/mol. The van der Waals surface area contributed by atoms with E-state index in [-0.39, 0.29) is 11.3 Å². The van der Waals surface area contributed by atoms with Crippen LogP contribution in [0.25, 0.3) is 0 Å². The predicted octanol–water partition coefficient (Wildman–Crippen LogP) is 4.52. The molecule has 1 amide bonds. The molecule has 0 radical (unpaired) electrons. The zero-order chi connectivity index (χ0) is 18.5. The van der Waals surface area contributed by atoms with E-state index >= 15 is 0 Å². The van der Waals surface area contributed by atoms with Crippen LogP contribution in [0.4, 0.5) is 0 Å². The summed E-state index contributed by atoms with van der Waals surface area (Å²) in [7, 11) is 0. The Morgan fingerprint density at radius 1 is 0.889 bits per heavy atom. The Kier molecular flexibility index (Phi) is 5.58. The van der Waals surface area contributed by atoms with Gasteiger partial charge in [-0.05, 0) is 62.0 Å². The first-order valence-electron chi connectivity index (χ1n) is 10.4. The average Bonchev–Trinajstić information content (AvgIpc) is 2.69. The minimum atomic E-state index is 0.0433. The summed E-state index contributed by atoms with van der Waals surface area (Å²) >= 11 is 0. The van der Waals surface area contributed by atoms with Gasteiger partial charge < -0.3 is 5.32 Å². The van der Waals surface area contributed by atoms with Gasteiger partial charge in [-0.15, -0.1) is 0 Å². The van der Waals surface area contributed by atoms with Gasteiger partial charge in [-0.25, -0.2) is 0 Å². The molecule has 142 valence electrons. The monoisotopic (exact) mass is 362 g/mol. The largest absolute Gasteiger partial charge is 0.351 e. The third-order valence-corrected chi connectivity index (χ3v) is 6.36. The zero-order valence-electron chi connectivity index (χ0n) is 16.1. The number of likely N-dealkylation sites (tertiary alicyclic amines) is 1. The maximum absolute atomic E-state index is 12.6. The summed E-state index contributed by atoms with van der Waals surface area (Å²) in [6.45, 7) is 4.12. The van der Waals surface area contributed by atoms with Gasteiger partial charge in [-0.1, -0.05) is 55.3 Å². The Bertz CT molecular complexity index is 744. The minimum absolute atomic E-state index is 0.0433. The Labute approximate surface area is 162 Å². The van der Waals surface area contributed by atoms with E-state index in [0.717, 1.165) is 31.5 Å². The molecule has 3 heteroatoms. The molecule has 1 saturated heterocycles. The summed E-state index contributed by atoms with van der Waals surface area (Å²) in [6.07, 6.45) is 7.54. The van der Waals surface area contributed by atoms with Crippen LogP contribution in [0.2, 0.25) is 0 Å². The first kappa shape index (κ1) is 18.2. The standard InChI is InChI=1S/C24H30N2O/c27-23(25-19-24(14-7-15-24)22-8-3-1-4-9-22)21-12-10-20(11-13-21)18-26-16-5-2-6-17-26/h1,3-4,8-13H,2,5-7,14-19H2,(H,25,27). The van der Waals surface area contributed by atoms with Crippen molar-refractivity contribution >= 4 is 5.91 Å². The second-order valence-electron chi connectivity index (χ2n) is 8.22. The number of carbonyl (C=O) groups excluding carboxylic acids is 1. The van der Waals surface area contributed by atoms with E-state index in [0.29, 0.717) is 0 Å². The number of piperidine rings is 1. The molecule has 1 heterocycles. The van der Waals surface area contributed by atoms with E-state index in [1.54, 1.807) is 0 Å². The van der Waals surface area contributed by atoms with E-state index in [1.165, 1.54) is 49.9 Å². The Morgan fingerprint density at radius 2 is 1.59 bits per heavy atom. The van der Waals surface area contributed by atoms with Crippen molar-refractivity contribution in [1.82, 2.24) is 10.2 Å². The van der Waals surface area contributed by atoms with Crippen molar-refractivity contribution in [3.05, 3.63) is 71.3 Å². The lowest BCUT2D eigenvalue weighted by atomic mass is 9.64. The molecular weight excluding hydrogens is 332 g/mol. The normalized spacial score (nSPS) is 19.3. The molecule has 0 atom stereocenters. The van der Waals surface area contributed by atoms with Crippen molar-refractivity contribution in [3.63, 3.8) is 0 Å². The summed E-state index contributed by atoms with van der Waals surface area (Å²) in [5.74, 6) is 0.0433. The highest BCUT2D eigenvalue weighted by atomic mass is 16.1. The number of amides is 1. The Balaban J connectivity index is 1.34. The van der Waals surface area contributed by atoms with Crippen molar-refractivity contribution in [2.45, 2.75) is 50.5 Å². The van der Waals surface area contributed by atoms with Crippen LogP contribution in [-0.2, 0) is 12.0 Å². The number of benzene rings is 2. The topological polar surface area (TPSA) is 32.3 Å². The van der Waals surface area contributed by atoms with E-state index < -0.39 is 0 Å². The smallest absolute Gasteiger partial charge is 0.251 e. The van der Waals surface area contributed by atoms with Crippen LogP contribution in [-0.4, -0.2) is 30.4 Å². The molecule has 2 aromatic rings. The second-order valence-corrected chi connectivity index (χ2v) is 8.22. The number of hydrogen-bond donors (Lipinski definition) is 1. The Morgan fingerprint density at radius 3 is 2.22 bits per heavy atom. The number of nitrogens with zero attached hydrogens (tertiary/aromatic N) is 1. The van der Waals surface area contributed by atoms with Gasteiger partial charge in [0.2, 0.25) is 0 Å². The minimum Gasteiger partial charge on any atom is -0.351 e. The molecular formula is C24H30N2O. The van der Waals surface area contributed by atoms with Gasteiger partial charge in [-0.2, -0.15) is 0 Å². The molecule has 0 aromatic heterocycles. The van der Waals surface area contributed by atoms with Crippen LogP contribution in [0.5, 0.6) is 0 Å². The molecule has 4 rings (SSSR count). The van der Waals surface area contributed by atoms with E-state index in [9.17, 15) is 4.79 Å². The lowest BCUT2D eigenvalue weighted by Gasteiger charge is -2.42. The van der Waals surface area contributed by atoms with Gasteiger partial charge in [0.25, 0.3) is 5.91 Å². The summed E-state index contributed by atoms with van der Waals surface area (Å²) in [5, 5.41) is 3.19. The lowest BCUT2D eigenvalue weighted by molar-refractivity contribution is 0.0928. The van der Waals surface area contributed by atoms with Crippen LogP contribution in [0.3, 0.4) is 0 Å². The van der Waals surface area contributed by atoms with Crippen molar-refractivity contribution < 1.29 is 4.79 Å². The van der Waals surface area contributed by atoms with Crippen LogP contribution in [0, 0.1) is 0 Å². The van der Waals surface area contributed by atoms with Crippen molar-refractivity contribution in [1.29, 1.82) is 0 Å². The molecule has 0 spiro atoms. The Hall–Kier alpha value is -2.13. The summed E-state index contributed by atoms with van der Waals surface area (Å²) < 4.78 is 0. The molecule has 1 N–H and O–H groups in total. The van der Waals surface area contributed by atoms with Crippen LogP contribution >= 0.6 is 0 Å². The number of nitrogens with one attached hydrogen (secondary N) is 1. The van der Waals surface area contributed by atoms with Gasteiger partial charge in [0.1, 0.15) is 0 Å². The molecule has 0 bridgehead atoms. The number of carbonyl (C=O) groups is 1. The molecule has 1 aliphatic carbocycles. The molecule has 1 aliphatic heterocycles. The van der Waals surface area contributed by atoms with Gasteiger partial charge in [0.15, 0.2) is 0 Å². The molecule has 27 heavy (non-hydrogen) atoms. The van der Waals surface area contributed by atoms with Crippen LogP contribution in [0.1, 0.15) is 60.0 Å². The zero-order valence-corrected chi connectivity index (χ0v) is 16.1. The maximum Gasteiger partial charge on any atom is 0.251 e. The molecule has 1 saturated carbocycles. The van der Waals surface area contributed by atoms with Crippen molar-refractivity contribution in [3.8, 4) is 0 Å². The second kappa shape index (κ2) is 8.26. The van der Waals surface area contributed by atoms with Gasteiger partial charge in [-0.3, -0.25) is 9.69 Å². The van der Waals surface area contributed by atoms with Gasteiger partial charge in [0, 0.05) is 24.1 Å². The highest BCUT2D eigenvalue weighted by Gasteiger charge is 2.38. The number of rotatable bonds is 6. The molecule has 0 unspecified atom stereocenters. The highest BCUT2D eigenvalue weighted by Crippen LogP contribution is 2.43. The summed E-state index contributed by atoms with van der Waals surface area (Å²) in [5.41, 5.74) is 3.55. The molecule has 2 aromatic carbocycles. The summed E-state index contributed by atoms with van der Waals surface area (Å²) in [6, 6.07) is 18.8. The fourth-order valence-corrected chi connectivity index (χ4v) is 4.45. The fraction of sp³-hybridized carbons (Fsp3) is 0.458. The number of hydrogen-bond acceptors (Lipinski definition) is 2. The van der Waals surface area contributed by atoms with Crippen LogP contribution in [0.15, 0.2) is 54.6 Å². The van der Waals surface area contributed by atoms with Gasteiger partial charge in [0.05, 0.1) is 0 Å².